The zero-order chi connectivity index (χ0) is 28.5. The molecule has 3 aromatic rings. The van der Waals surface area contributed by atoms with E-state index in [1.807, 2.05) is 13.8 Å². The van der Waals surface area contributed by atoms with E-state index >= 15 is 0 Å². The van der Waals surface area contributed by atoms with Gasteiger partial charge in [-0.3, -0.25) is 4.79 Å². The number of carboxylic acid groups (broad SMARTS) is 1. The largest absolute Gasteiger partial charge is 0.487 e. The lowest BCUT2D eigenvalue weighted by Gasteiger charge is -2.20. The van der Waals surface area contributed by atoms with Crippen molar-refractivity contribution in [2.45, 2.75) is 40.0 Å². The van der Waals surface area contributed by atoms with Crippen molar-refractivity contribution in [2.24, 2.45) is 10.9 Å². The van der Waals surface area contributed by atoms with Crippen LogP contribution in [0.5, 0.6) is 11.5 Å². The molecule has 0 spiro atoms. The molecule has 1 heterocycles. The lowest BCUT2D eigenvalue weighted by Crippen LogP contribution is -2.18. The third-order valence-electron chi connectivity index (χ3n) is 5.34. The number of rotatable bonds is 12. The number of anilines is 2. The number of nitrogens with two attached hydrogens (primary N) is 1. The van der Waals surface area contributed by atoms with Crippen LogP contribution in [0.4, 0.5) is 11.5 Å². The van der Waals surface area contributed by atoms with Crippen LogP contribution >= 0.6 is 0 Å². The van der Waals surface area contributed by atoms with Crippen LogP contribution in [-0.2, 0) is 17.9 Å². The standard InChI is InChI=1S/C27H31N5O7/c1-15(2)39-22-10-17(13-33)9-19(24(22)38-14-23(34)35)12-30-26-21(8-16(3)11-29-26)27(36)31-20-6-4-18(5-7-20)25(28)32-37/h4-11,15,33,37H,12-14H2,1-3H3,(H2,28,32)(H,29,30)(H,31,36)(H,34,35). The Hall–Kier alpha value is -4.84. The third kappa shape index (κ3) is 7.82. The highest BCUT2D eigenvalue weighted by Gasteiger charge is 2.19. The number of nitrogens with zero attached hydrogens (tertiary/aromatic N) is 2. The summed E-state index contributed by atoms with van der Waals surface area (Å²) >= 11 is 0. The van der Waals surface area contributed by atoms with Gasteiger partial charge < -0.3 is 41.3 Å². The summed E-state index contributed by atoms with van der Waals surface area (Å²) in [6.07, 6.45) is 1.37. The lowest BCUT2D eigenvalue weighted by molar-refractivity contribution is -0.139. The summed E-state index contributed by atoms with van der Waals surface area (Å²) in [6.45, 7) is 4.65. The van der Waals surface area contributed by atoms with Crippen LogP contribution in [0.15, 0.2) is 53.8 Å². The monoisotopic (exact) mass is 537 g/mol. The molecule has 1 aromatic heterocycles. The minimum atomic E-state index is -1.16. The number of aliphatic hydroxyl groups excluding tert-OH is 1. The van der Waals surface area contributed by atoms with Gasteiger partial charge in [-0.25, -0.2) is 9.78 Å². The average Bonchev–Trinajstić information content (AvgIpc) is 2.90. The van der Waals surface area contributed by atoms with E-state index in [-0.39, 0.29) is 42.2 Å². The maximum absolute atomic E-state index is 13.2. The summed E-state index contributed by atoms with van der Waals surface area (Å²) in [5, 5.41) is 36.6. The summed E-state index contributed by atoms with van der Waals surface area (Å²) in [7, 11) is 0. The van der Waals surface area contributed by atoms with Gasteiger partial charge in [0.25, 0.3) is 5.91 Å². The van der Waals surface area contributed by atoms with Crippen molar-refractivity contribution < 1.29 is 34.5 Å². The fourth-order valence-corrected chi connectivity index (χ4v) is 3.63. The van der Waals surface area contributed by atoms with Gasteiger partial charge in [0, 0.05) is 29.6 Å². The van der Waals surface area contributed by atoms with Gasteiger partial charge in [0.15, 0.2) is 23.9 Å². The van der Waals surface area contributed by atoms with E-state index in [0.717, 1.165) is 5.56 Å². The number of nitrogens with one attached hydrogen (secondary N) is 2. The van der Waals surface area contributed by atoms with Crippen LogP contribution in [-0.4, -0.2) is 50.8 Å². The SMILES string of the molecule is Cc1cnc(NCc2cc(CO)cc(OC(C)C)c2OCC(=O)O)c(C(=O)Nc2ccc(/C(N)=N/O)cc2)c1. The predicted octanol–water partition coefficient (Wildman–Crippen LogP) is 3.09. The summed E-state index contributed by atoms with van der Waals surface area (Å²) in [5.74, 6) is -0.869. The van der Waals surface area contributed by atoms with Gasteiger partial charge in [0.05, 0.1) is 18.3 Å². The Morgan fingerprint density at radius 3 is 2.49 bits per heavy atom. The smallest absolute Gasteiger partial charge is 0.341 e. The lowest BCUT2D eigenvalue weighted by atomic mass is 10.1. The van der Waals surface area contributed by atoms with Crippen molar-refractivity contribution in [1.82, 2.24) is 4.98 Å². The number of ether oxygens (including phenoxy) is 2. The molecule has 0 aliphatic heterocycles. The van der Waals surface area contributed by atoms with Gasteiger partial charge in [-0.1, -0.05) is 5.16 Å². The molecule has 12 heteroatoms. The van der Waals surface area contributed by atoms with Crippen molar-refractivity contribution in [3.63, 3.8) is 0 Å². The molecule has 0 saturated heterocycles. The molecule has 39 heavy (non-hydrogen) atoms. The highest BCUT2D eigenvalue weighted by atomic mass is 16.5. The van der Waals surface area contributed by atoms with E-state index < -0.39 is 18.5 Å². The molecule has 12 nitrogen and oxygen atoms in total. The molecule has 7 N–H and O–H groups in total. The highest BCUT2D eigenvalue weighted by molar-refractivity contribution is 6.07. The summed E-state index contributed by atoms with van der Waals surface area (Å²) in [6, 6.07) is 11.4. The molecule has 0 unspecified atom stereocenters. The number of aliphatic hydroxyl groups is 1. The number of carbonyl (C=O) groups excluding carboxylic acids is 1. The first-order valence-corrected chi connectivity index (χ1v) is 12.0. The Balaban J connectivity index is 1.89. The highest BCUT2D eigenvalue weighted by Crippen LogP contribution is 2.35. The Morgan fingerprint density at radius 1 is 1.15 bits per heavy atom. The molecule has 0 aliphatic carbocycles. The van der Waals surface area contributed by atoms with Crippen molar-refractivity contribution in [3.05, 3.63) is 76.5 Å². The average molecular weight is 538 g/mol. The zero-order valence-electron chi connectivity index (χ0n) is 21.8. The van der Waals surface area contributed by atoms with Crippen LogP contribution in [0.25, 0.3) is 0 Å². The number of oxime groups is 1. The van der Waals surface area contributed by atoms with Gasteiger partial charge in [-0.05, 0) is 74.4 Å². The molecule has 1 amide bonds. The number of aromatic nitrogens is 1. The summed E-state index contributed by atoms with van der Waals surface area (Å²) in [5.41, 5.74) is 8.62. The van der Waals surface area contributed by atoms with Gasteiger partial charge in [0.2, 0.25) is 0 Å². The molecular weight excluding hydrogens is 506 g/mol. The number of carbonyl (C=O) groups is 2. The van der Waals surface area contributed by atoms with Crippen molar-refractivity contribution in [2.75, 3.05) is 17.2 Å². The molecule has 0 atom stereocenters. The van der Waals surface area contributed by atoms with E-state index in [1.54, 1.807) is 55.6 Å². The molecule has 3 rings (SSSR count). The number of hydrogen-bond donors (Lipinski definition) is 6. The fourth-order valence-electron chi connectivity index (χ4n) is 3.63. The Labute approximate surface area is 225 Å². The topological polar surface area (TPSA) is 189 Å². The maximum atomic E-state index is 13.2. The number of hydrogen-bond acceptors (Lipinski definition) is 9. The first kappa shape index (κ1) is 28.7. The molecule has 0 saturated carbocycles. The quantitative estimate of drug-likeness (QED) is 0.0867. The number of amides is 1. The van der Waals surface area contributed by atoms with Crippen molar-refractivity contribution >= 4 is 29.2 Å². The number of aliphatic carboxylic acids is 1. The number of benzene rings is 2. The molecule has 0 bridgehead atoms. The minimum absolute atomic E-state index is 0.0545. The summed E-state index contributed by atoms with van der Waals surface area (Å²) < 4.78 is 11.4. The zero-order valence-corrected chi connectivity index (χ0v) is 21.8. The summed E-state index contributed by atoms with van der Waals surface area (Å²) in [4.78, 5) is 28.7. The van der Waals surface area contributed by atoms with Crippen LogP contribution in [0, 0.1) is 6.92 Å². The Bertz CT molecular complexity index is 1360. The second-order valence-corrected chi connectivity index (χ2v) is 8.87. The Kier molecular flexibility index (Phi) is 9.65. The van der Waals surface area contributed by atoms with E-state index in [9.17, 15) is 14.7 Å². The first-order chi connectivity index (χ1) is 18.6. The number of aryl methyl sites for hydroxylation is 1. The van der Waals surface area contributed by atoms with E-state index in [1.165, 1.54) is 0 Å². The van der Waals surface area contributed by atoms with Crippen molar-refractivity contribution in [3.8, 4) is 11.5 Å². The van der Waals surface area contributed by atoms with Crippen LogP contribution in [0.1, 0.15) is 46.5 Å². The van der Waals surface area contributed by atoms with Crippen molar-refractivity contribution in [1.29, 1.82) is 0 Å². The molecular formula is C27H31N5O7. The molecule has 2 aromatic carbocycles. The van der Waals surface area contributed by atoms with Gasteiger partial charge in [-0.15, -0.1) is 0 Å². The normalized spacial score (nSPS) is 11.3. The maximum Gasteiger partial charge on any atom is 0.341 e. The van der Waals surface area contributed by atoms with Gasteiger partial charge in [-0.2, -0.15) is 0 Å². The molecule has 0 radical (unpaired) electrons. The Morgan fingerprint density at radius 2 is 1.87 bits per heavy atom. The second kappa shape index (κ2) is 13.1. The van der Waals surface area contributed by atoms with E-state index in [2.05, 4.69) is 20.8 Å². The van der Waals surface area contributed by atoms with Crippen LogP contribution in [0.3, 0.4) is 0 Å². The molecule has 0 fully saturated rings. The molecule has 206 valence electrons. The van der Waals surface area contributed by atoms with Gasteiger partial charge in [0.1, 0.15) is 5.82 Å². The second-order valence-electron chi connectivity index (χ2n) is 8.87. The van der Waals surface area contributed by atoms with Crippen LogP contribution < -0.4 is 25.8 Å². The third-order valence-corrected chi connectivity index (χ3v) is 5.34. The fraction of sp³-hybridized carbons (Fsp3) is 0.259. The predicted molar refractivity (Wildman–Crippen MR) is 144 cm³/mol. The minimum Gasteiger partial charge on any atom is -0.487 e. The van der Waals surface area contributed by atoms with Crippen LogP contribution in [0.2, 0.25) is 0 Å². The van der Waals surface area contributed by atoms with Gasteiger partial charge >= 0.3 is 5.97 Å². The number of amidine groups is 1. The first-order valence-electron chi connectivity index (χ1n) is 12.0. The number of carboxylic acids is 1. The van der Waals surface area contributed by atoms with E-state index in [4.69, 9.17) is 25.5 Å². The molecule has 0 aliphatic rings. The van der Waals surface area contributed by atoms with E-state index in [0.29, 0.717) is 28.1 Å². The number of pyridine rings is 1.